The van der Waals surface area contributed by atoms with Crippen LogP contribution >= 0.6 is 34.8 Å². The Balaban J connectivity index is 2.58. The number of pyridine rings is 1. The molecular weight excluding hydrogens is 268 g/mol. The smallest absolute Gasteiger partial charge is 0.249 e. The van der Waals surface area contributed by atoms with Crippen molar-refractivity contribution < 1.29 is 0 Å². The summed E-state index contributed by atoms with van der Waals surface area (Å²) in [4.78, 5) is 13.7. The molecule has 0 atom stereocenters. The summed E-state index contributed by atoms with van der Waals surface area (Å²) in [6.07, 6.45) is 0. The summed E-state index contributed by atoms with van der Waals surface area (Å²) in [6, 6.07) is 8.25. The van der Waals surface area contributed by atoms with Crippen molar-refractivity contribution in [1.29, 1.82) is 0 Å². The molecule has 82 valence electrons. The highest BCUT2D eigenvalue weighted by Crippen LogP contribution is 2.28. The van der Waals surface area contributed by atoms with E-state index in [1.54, 1.807) is 24.3 Å². The minimum Gasteiger partial charge on any atom is -0.313 e. The molecule has 0 spiro atoms. The van der Waals surface area contributed by atoms with Crippen LogP contribution in [0.15, 0.2) is 35.1 Å². The predicted octanol–water partition coefficient (Wildman–Crippen LogP) is 4.00. The molecular formula is C11H6Cl3NO. The molecule has 2 nitrogen and oxygen atoms in total. The van der Waals surface area contributed by atoms with Crippen LogP contribution in [0.3, 0.4) is 0 Å². The van der Waals surface area contributed by atoms with Gasteiger partial charge in [0.1, 0.15) is 5.15 Å². The number of hydrogen-bond donors (Lipinski definition) is 1. The molecule has 1 aromatic heterocycles. The minimum absolute atomic E-state index is 0.256. The maximum Gasteiger partial charge on any atom is 0.249 e. The lowest BCUT2D eigenvalue weighted by atomic mass is 10.1. The van der Waals surface area contributed by atoms with E-state index in [1.807, 2.05) is 0 Å². The van der Waals surface area contributed by atoms with E-state index in [2.05, 4.69) is 4.98 Å². The summed E-state index contributed by atoms with van der Waals surface area (Å²) in [5, 5.41) is 1.20. The molecule has 0 saturated heterocycles. The van der Waals surface area contributed by atoms with Crippen LogP contribution in [-0.4, -0.2) is 4.98 Å². The number of hydrogen-bond acceptors (Lipinski definition) is 1. The van der Waals surface area contributed by atoms with Crippen molar-refractivity contribution in [3.05, 3.63) is 55.9 Å². The molecule has 0 unspecified atom stereocenters. The number of H-pyrrole nitrogens is 1. The molecule has 2 rings (SSSR count). The van der Waals surface area contributed by atoms with Gasteiger partial charge in [-0.05, 0) is 29.3 Å². The number of aromatic amines is 1. The van der Waals surface area contributed by atoms with Crippen molar-refractivity contribution in [2.45, 2.75) is 0 Å². The Kier molecular flexibility index (Phi) is 3.24. The number of nitrogens with one attached hydrogen (secondary N) is 1. The van der Waals surface area contributed by atoms with Crippen molar-refractivity contribution in [3.63, 3.8) is 0 Å². The third kappa shape index (κ3) is 2.40. The number of benzene rings is 1. The molecule has 0 bridgehead atoms. The summed E-state index contributed by atoms with van der Waals surface area (Å²) in [5.74, 6) is 0. The summed E-state index contributed by atoms with van der Waals surface area (Å²) in [5.41, 5.74) is 1.24. The Hall–Kier alpha value is -0.960. The number of rotatable bonds is 1. The fourth-order valence-electron chi connectivity index (χ4n) is 1.35. The molecule has 16 heavy (non-hydrogen) atoms. The third-order valence-electron chi connectivity index (χ3n) is 2.06. The van der Waals surface area contributed by atoms with Gasteiger partial charge < -0.3 is 4.98 Å². The second kappa shape index (κ2) is 4.50. The van der Waals surface area contributed by atoms with Gasteiger partial charge in [0.05, 0.1) is 10.0 Å². The third-order valence-corrected chi connectivity index (χ3v) is 3.01. The van der Waals surface area contributed by atoms with E-state index in [9.17, 15) is 4.79 Å². The van der Waals surface area contributed by atoms with Crippen molar-refractivity contribution in [2.75, 3.05) is 0 Å². The Morgan fingerprint density at radius 3 is 2.25 bits per heavy atom. The first-order chi connectivity index (χ1) is 7.56. The molecule has 0 radical (unpaired) electrons. The zero-order valence-corrected chi connectivity index (χ0v) is 10.2. The summed E-state index contributed by atoms with van der Waals surface area (Å²) in [7, 11) is 0. The van der Waals surface area contributed by atoms with E-state index in [0.717, 1.165) is 5.56 Å². The summed E-state index contributed by atoms with van der Waals surface area (Å²) in [6.45, 7) is 0. The van der Waals surface area contributed by atoms with Gasteiger partial charge in [-0.25, -0.2) is 0 Å². The fourth-order valence-corrected chi connectivity index (χ4v) is 1.86. The maximum atomic E-state index is 11.2. The summed E-state index contributed by atoms with van der Waals surface area (Å²) >= 11 is 17.5. The van der Waals surface area contributed by atoms with Crippen LogP contribution in [0.1, 0.15) is 0 Å². The van der Waals surface area contributed by atoms with Crippen LogP contribution in [0.25, 0.3) is 11.1 Å². The molecule has 0 aliphatic rings. The standard InChI is InChI=1S/C11H6Cl3NO/c12-8-2-1-6(3-9(8)13)7-4-10(14)15-11(16)5-7/h1-5H,(H,15,16). The average molecular weight is 275 g/mol. The van der Waals surface area contributed by atoms with E-state index in [1.165, 1.54) is 6.07 Å². The Labute approximate surface area is 107 Å². The van der Waals surface area contributed by atoms with Gasteiger partial charge in [0, 0.05) is 6.07 Å². The first-order valence-electron chi connectivity index (χ1n) is 4.41. The Morgan fingerprint density at radius 2 is 1.62 bits per heavy atom. The molecule has 5 heteroatoms. The second-order valence-electron chi connectivity index (χ2n) is 3.21. The van der Waals surface area contributed by atoms with Gasteiger partial charge in [0.25, 0.3) is 0 Å². The highest BCUT2D eigenvalue weighted by Gasteiger charge is 2.04. The van der Waals surface area contributed by atoms with Gasteiger partial charge in [0.15, 0.2) is 0 Å². The van der Waals surface area contributed by atoms with Gasteiger partial charge in [0.2, 0.25) is 5.56 Å². The van der Waals surface area contributed by atoms with Gasteiger partial charge >= 0.3 is 0 Å². The van der Waals surface area contributed by atoms with E-state index >= 15 is 0 Å². The summed E-state index contributed by atoms with van der Waals surface area (Å²) < 4.78 is 0. The van der Waals surface area contributed by atoms with Crippen LogP contribution in [0, 0.1) is 0 Å². The second-order valence-corrected chi connectivity index (χ2v) is 4.43. The lowest BCUT2D eigenvalue weighted by molar-refractivity contribution is 1.24. The quantitative estimate of drug-likeness (QED) is 0.783. The largest absolute Gasteiger partial charge is 0.313 e. The molecule has 0 fully saturated rings. The van der Waals surface area contributed by atoms with Gasteiger partial charge in [-0.15, -0.1) is 0 Å². The van der Waals surface area contributed by atoms with Crippen LogP contribution < -0.4 is 5.56 Å². The topological polar surface area (TPSA) is 32.9 Å². The van der Waals surface area contributed by atoms with Crippen LogP contribution in [0.5, 0.6) is 0 Å². The molecule has 1 aromatic carbocycles. The fraction of sp³-hybridized carbons (Fsp3) is 0. The van der Waals surface area contributed by atoms with Crippen LogP contribution in [-0.2, 0) is 0 Å². The highest BCUT2D eigenvalue weighted by molar-refractivity contribution is 6.42. The normalized spacial score (nSPS) is 10.4. The Morgan fingerprint density at radius 1 is 0.875 bits per heavy atom. The van der Waals surface area contributed by atoms with Crippen LogP contribution in [0.4, 0.5) is 0 Å². The van der Waals surface area contributed by atoms with Gasteiger partial charge in [-0.1, -0.05) is 40.9 Å². The molecule has 0 saturated carbocycles. The van der Waals surface area contributed by atoms with Crippen molar-refractivity contribution in [2.24, 2.45) is 0 Å². The van der Waals surface area contributed by atoms with Crippen molar-refractivity contribution in [3.8, 4) is 11.1 Å². The average Bonchev–Trinajstić information content (AvgIpc) is 2.20. The van der Waals surface area contributed by atoms with Gasteiger partial charge in [-0.3, -0.25) is 4.79 Å². The van der Waals surface area contributed by atoms with Gasteiger partial charge in [-0.2, -0.15) is 0 Å². The molecule has 2 aromatic rings. The van der Waals surface area contributed by atoms with E-state index in [-0.39, 0.29) is 10.7 Å². The molecule has 0 aliphatic carbocycles. The van der Waals surface area contributed by atoms with E-state index in [4.69, 9.17) is 34.8 Å². The van der Waals surface area contributed by atoms with E-state index < -0.39 is 0 Å². The van der Waals surface area contributed by atoms with Crippen molar-refractivity contribution >= 4 is 34.8 Å². The number of halogens is 3. The molecule has 0 amide bonds. The first kappa shape index (κ1) is 11.5. The molecule has 1 heterocycles. The molecule has 1 N–H and O–H groups in total. The lowest BCUT2D eigenvalue weighted by Crippen LogP contribution is -2.03. The SMILES string of the molecule is O=c1cc(-c2ccc(Cl)c(Cl)c2)cc(Cl)[nH]1. The van der Waals surface area contributed by atoms with Crippen molar-refractivity contribution in [1.82, 2.24) is 4.98 Å². The van der Waals surface area contributed by atoms with E-state index in [0.29, 0.717) is 15.6 Å². The zero-order valence-electron chi connectivity index (χ0n) is 7.93. The van der Waals surface area contributed by atoms with Crippen LogP contribution in [0.2, 0.25) is 15.2 Å². The zero-order chi connectivity index (χ0) is 11.7. The Bertz CT molecular complexity index is 592. The lowest BCUT2D eigenvalue weighted by Gasteiger charge is -2.03. The monoisotopic (exact) mass is 273 g/mol. The minimum atomic E-state index is -0.256. The molecule has 0 aliphatic heterocycles. The predicted molar refractivity (Wildman–Crippen MR) is 67.5 cm³/mol. The maximum absolute atomic E-state index is 11.2. The number of aromatic nitrogens is 1. The first-order valence-corrected chi connectivity index (χ1v) is 5.55. The highest BCUT2D eigenvalue weighted by atomic mass is 35.5.